The van der Waals surface area contributed by atoms with Gasteiger partial charge in [0.1, 0.15) is 5.82 Å². The van der Waals surface area contributed by atoms with Gasteiger partial charge in [0.15, 0.2) is 5.16 Å². The van der Waals surface area contributed by atoms with Gasteiger partial charge in [0.25, 0.3) is 5.56 Å². The maximum atomic E-state index is 13.3. The van der Waals surface area contributed by atoms with Crippen molar-refractivity contribution in [3.8, 4) is 5.69 Å². The molecule has 4 rings (SSSR count). The van der Waals surface area contributed by atoms with E-state index in [0.29, 0.717) is 21.9 Å². The number of para-hydroxylation sites is 1. The van der Waals surface area contributed by atoms with Gasteiger partial charge in [-0.3, -0.25) is 14.2 Å². The summed E-state index contributed by atoms with van der Waals surface area (Å²) in [6.07, 6.45) is 2.57. The zero-order chi connectivity index (χ0) is 22.7. The van der Waals surface area contributed by atoms with E-state index in [1.54, 1.807) is 27.6 Å². The molecule has 2 heterocycles. The molecule has 0 aliphatic heterocycles. The highest BCUT2D eigenvalue weighted by atomic mass is 32.2. The summed E-state index contributed by atoms with van der Waals surface area (Å²) in [7, 11) is 0. The van der Waals surface area contributed by atoms with E-state index in [1.165, 1.54) is 17.3 Å². The summed E-state index contributed by atoms with van der Waals surface area (Å²) in [5, 5.41) is 8.15. The number of carbonyl (C=O) groups excluding carboxylic acids is 1. The molecule has 4 aromatic rings. The Bertz CT molecular complexity index is 1310. The molecular formula is C24H25N5O2S. The maximum absolute atomic E-state index is 13.3. The van der Waals surface area contributed by atoms with Crippen LogP contribution in [0.1, 0.15) is 32.4 Å². The minimum absolute atomic E-state index is 0.112. The van der Waals surface area contributed by atoms with Gasteiger partial charge in [-0.25, -0.2) is 9.67 Å². The monoisotopic (exact) mass is 447 g/mol. The van der Waals surface area contributed by atoms with Crippen molar-refractivity contribution in [2.45, 2.75) is 38.4 Å². The van der Waals surface area contributed by atoms with E-state index in [1.807, 2.05) is 56.3 Å². The van der Waals surface area contributed by atoms with Crippen LogP contribution in [0.5, 0.6) is 0 Å². The first-order valence-corrected chi connectivity index (χ1v) is 11.5. The summed E-state index contributed by atoms with van der Waals surface area (Å²) >= 11 is 1.24. The summed E-state index contributed by atoms with van der Waals surface area (Å²) in [5.41, 5.74) is 2.37. The smallest absolute Gasteiger partial charge is 0.266 e. The fourth-order valence-electron chi connectivity index (χ4n) is 3.45. The average molecular weight is 448 g/mol. The zero-order valence-electron chi connectivity index (χ0n) is 18.3. The zero-order valence-corrected chi connectivity index (χ0v) is 19.1. The number of nitrogens with one attached hydrogen (secondary N) is 1. The van der Waals surface area contributed by atoms with Crippen molar-refractivity contribution in [3.05, 3.63) is 76.7 Å². The number of benzene rings is 2. The summed E-state index contributed by atoms with van der Waals surface area (Å²) in [6, 6.07) is 17.0. The Morgan fingerprint density at radius 2 is 1.84 bits per heavy atom. The molecule has 0 saturated heterocycles. The first-order chi connectivity index (χ1) is 15.5. The van der Waals surface area contributed by atoms with Gasteiger partial charge in [-0.2, -0.15) is 5.10 Å². The van der Waals surface area contributed by atoms with Crippen LogP contribution >= 0.6 is 11.8 Å². The molecule has 1 amide bonds. The quantitative estimate of drug-likeness (QED) is 0.334. The third-order valence-electron chi connectivity index (χ3n) is 5.11. The van der Waals surface area contributed by atoms with E-state index in [-0.39, 0.29) is 23.3 Å². The number of hydrogen-bond donors (Lipinski definition) is 1. The molecule has 7 nitrogen and oxygen atoms in total. The highest BCUT2D eigenvalue weighted by molar-refractivity contribution is 7.99. The van der Waals surface area contributed by atoms with E-state index in [9.17, 15) is 9.59 Å². The topological polar surface area (TPSA) is 81.8 Å². The highest BCUT2D eigenvalue weighted by Crippen LogP contribution is 2.22. The Hall–Kier alpha value is -3.39. The second kappa shape index (κ2) is 9.40. The van der Waals surface area contributed by atoms with Crippen molar-refractivity contribution >= 4 is 34.4 Å². The molecule has 1 N–H and O–H groups in total. The van der Waals surface area contributed by atoms with Crippen molar-refractivity contribution in [1.82, 2.24) is 19.3 Å². The molecule has 0 radical (unpaired) electrons. The Balaban J connectivity index is 1.65. The van der Waals surface area contributed by atoms with Gasteiger partial charge in [-0.05, 0) is 50.1 Å². The number of hydrogen-bond acceptors (Lipinski definition) is 5. The van der Waals surface area contributed by atoms with Crippen LogP contribution in [0.2, 0.25) is 0 Å². The summed E-state index contributed by atoms with van der Waals surface area (Å²) in [6.45, 7) is 6.09. The van der Waals surface area contributed by atoms with Crippen molar-refractivity contribution in [2.24, 2.45) is 0 Å². The van der Waals surface area contributed by atoms with Crippen LogP contribution in [0.4, 0.5) is 5.82 Å². The van der Waals surface area contributed by atoms with Crippen LogP contribution in [-0.2, 0) is 11.2 Å². The van der Waals surface area contributed by atoms with Crippen molar-refractivity contribution < 1.29 is 4.79 Å². The number of anilines is 1. The van der Waals surface area contributed by atoms with Crippen LogP contribution in [0.25, 0.3) is 16.6 Å². The number of fused-ring (bicyclic) bond motifs is 1. The summed E-state index contributed by atoms with van der Waals surface area (Å²) < 4.78 is 3.33. The maximum Gasteiger partial charge on any atom is 0.266 e. The molecule has 2 aromatic heterocycles. The van der Waals surface area contributed by atoms with E-state index >= 15 is 0 Å². The number of aromatic nitrogens is 4. The Morgan fingerprint density at radius 1 is 1.09 bits per heavy atom. The number of amides is 1. The fourth-order valence-corrected chi connectivity index (χ4v) is 4.26. The minimum Gasteiger partial charge on any atom is -0.310 e. The molecule has 0 spiro atoms. The molecule has 0 fully saturated rings. The third kappa shape index (κ3) is 4.45. The number of rotatable bonds is 7. The van der Waals surface area contributed by atoms with Crippen molar-refractivity contribution in [2.75, 3.05) is 11.1 Å². The normalized spacial score (nSPS) is 11.2. The summed E-state index contributed by atoms with van der Waals surface area (Å²) in [4.78, 5) is 30.7. The molecule has 0 saturated carbocycles. The van der Waals surface area contributed by atoms with E-state index < -0.39 is 0 Å². The minimum atomic E-state index is -0.187. The molecule has 32 heavy (non-hydrogen) atoms. The predicted octanol–water partition coefficient (Wildman–Crippen LogP) is 4.46. The van der Waals surface area contributed by atoms with Crippen LogP contribution < -0.4 is 10.9 Å². The molecule has 164 valence electrons. The standard InChI is InChI=1S/C24H25N5O2S/c1-4-17-9-11-18(12-10-17)28-23(31)19-7-5-6-8-20(19)26-24(28)32-15-22(30)27-21-13-14-25-29(21)16(2)3/h5-14,16H,4,15H2,1-3H3,(H,27,30). The number of thioether (sulfide) groups is 1. The lowest BCUT2D eigenvalue weighted by Crippen LogP contribution is -2.23. The largest absolute Gasteiger partial charge is 0.310 e. The second-order valence-electron chi connectivity index (χ2n) is 7.66. The molecule has 2 aromatic carbocycles. The lowest BCUT2D eigenvalue weighted by molar-refractivity contribution is -0.113. The highest BCUT2D eigenvalue weighted by Gasteiger charge is 2.16. The Morgan fingerprint density at radius 3 is 2.56 bits per heavy atom. The van der Waals surface area contributed by atoms with Gasteiger partial charge in [0.2, 0.25) is 5.91 Å². The molecule has 0 atom stereocenters. The molecule has 0 unspecified atom stereocenters. The first-order valence-electron chi connectivity index (χ1n) is 10.5. The first kappa shape index (κ1) is 21.8. The summed E-state index contributed by atoms with van der Waals surface area (Å²) in [5.74, 6) is 0.568. The Labute approximate surface area is 190 Å². The molecule has 8 heteroatoms. The van der Waals surface area contributed by atoms with Gasteiger partial charge < -0.3 is 5.32 Å². The molecule has 0 aliphatic rings. The SMILES string of the molecule is CCc1ccc(-n2c(SCC(=O)Nc3ccnn3C(C)C)nc3ccccc3c2=O)cc1. The van der Waals surface area contributed by atoms with Crippen molar-refractivity contribution in [3.63, 3.8) is 0 Å². The van der Waals surface area contributed by atoms with Gasteiger partial charge in [-0.15, -0.1) is 0 Å². The van der Waals surface area contributed by atoms with Crippen molar-refractivity contribution in [1.29, 1.82) is 0 Å². The van der Waals surface area contributed by atoms with Gasteiger partial charge in [0.05, 0.1) is 28.5 Å². The molecule has 0 aliphatic carbocycles. The number of nitrogens with zero attached hydrogens (tertiary/aromatic N) is 4. The molecular weight excluding hydrogens is 422 g/mol. The van der Waals surface area contributed by atoms with Crippen LogP contribution in [-0.4, -0.2) is 31.0 Å². The number of aryl methyl sites for hydroxylation is 1. The molecule has 0 bridgehead atoms. The van der Waals surface area contributed by atoms with Crippen LogP contribution in [0.3, 0.4) is 0 Å². The van der Waals surface area contributed by atoms with Gasteiger partial charge in [0, 0.05) is 12.1 Å². The lowest BCUT2D eigenvalue weighted by Gasteiger charge is -2.14. The van der Waals surface area contributed by atoms with E-state index in [0.717, 1.165) is 12.1 Å². The fraction of sp³-hybridized carbons (Fsp3) is 0.250. The number of carbonyl (C=O) groups is 1. The Kier molecular flexibility index (Phi) is 6.41. The lowest BCUT2D eigenvalue weighted by atomic mass is 10.1. The second-order valence-corrected chi connectivity index (χ2v) is 8.61. The average Bonchev–Trinajstić information content (AvgIpc) is 3.26. The third-order valence-corrected chi connectivity index (χ3v) is 6.05. The van der Waals surface area contributed by atoms with E-state index in [2.05, 4.69) is 17.3 Å². The van der Waals surface area contributed by atoms with Crippen LogP contribution in [0.15, 0.2) is 70.7 Å². The predicted molar refractivity (Wildman–Crippen MR) is 129 cm³/mol. The van der Waals surface area contributed by atoms with Gasteiger partial charge in [-0.1, -0.05) is 43.0 Å². The van der Waals surface area contributed by atoms with Crippen LogP contribution in [0, 0.1) is 0 Å². The van der Waals surface area contributed by atoms with Gasteiger partial charge >= 0.3 is 0 Å². The van der Waals surface area contributed by atoms with E-state index in [4.69, 9.17) is 4.98 Å².